The van der Waals surface area contributed by atoms with Crippen LogP contribution >= 0.6 is 0 Å². The van der Waals surface area contributed by atoms with Gasteiger partial charge in [0.05, 0.1) is 11.2 Å². The summed E-state index contributed by atoms with van der Waals surface area (Å²) in [5.74, 6) is 1.04. The summed E-state index contributed by atoms with van der Waals surface area (Å²) in [4.78, 5) is 0. The molecule has 0 aromatic heterocycles. The Morgan fingerprint density at radius 1 is 1.05 bits per heavy atom. The average Bonchev–Trinajstić information content (AvgIpc) is 2.46. The number of nitrogens with two attached hydrogens (primary N) is 1. The molecule has 0 radical (unpaired) electrons. The molecular formula is C18H35NO. The van der Waals surface area contributed by atoms with Gasteiger partial charge in [0.25, 0.3) is 0 Å². The summed E-state index contributed by atoms with van der Waals surface area (Å²) >= 11 is 0. The molecule has 3 atom stereocenters. The molecule has 118 valence electrons. The van der Waals surface area contributed by atoms with Crippen LogP contribution in [0, 0.1) is 17.3 Å². The fraction of sp³-hybridized carbons (Fsp3) is 1.00. The van der Waals surface area contributed by atoms with Crippen molar-refractivity contribution >= 4 is 0 Å². The van der Waals surface area contributed by atoms with E-state index in [9.17, 15) is 0 Å². The lowest BCUT2D eigenvalue weighted by Gasteiger charge is -2.53. The monoisotopic (exact) mass is 281 g/mol. The second-order valence-electron chi connectivity index (χ2n) is 9.50. The minimum atomic E-state index is -0.112. The second kappa shape index (κ2) is 4.71. The van der Waals surface area contributed by atoms with Crippen molar-refractivity contribution in [3.05, 3.63) is 0 Å². The predicted octanol–water partition coefficient (Wildman–Crippen LogP) is 4.51. The van der Waals surface area contributed by atoms with E-state index in [0.29, 0.717) is 11.8 Å². The normalized spacial score (nSPS) is 40.8. The standard InChI is InChI=1S/C18H35NO/c1-15(2,3)13-10-8-9-11-18(13,19)14-12-16(4,5)20-17(14,6)7/h13-14H,8-12,19H2,1-7H3. The SMILES string of the molecule is CC1(C)CC(C2(N)CCCCC2C(C)(C)C)C(C)(C)O1. The van der Waals surface area contributed by atoms with Gasteiger partial charge >= 0.3 is 0 Å². The summed E-state index contributed by atoms with van der Waals surface area (Å²) in [6.07, 6.45) is 6.12. The average molecular weight is 281 g/mol. The van der Waals surface area contributed by atoms with E-state index >= 15 is 0 Å². The Morgan fingerprint density at radius 2 is 1.65 bits per heavy atom. The van der Waals surface area contributed by atoms with Gasteiger partial charge in [-0.3, -0.25) is 0 Å². The summed E-state index contributed by atoms with van der Waals surface area (Å²) in [5.41, 5.74) is 7.16. The highest BCUT2D eigenvalue weighted by Crippen LogP contribution is 2.55. The number of rotatable bonds is 1. The summed E-state index contributed by atoms with van der Waals surface area (Å²) in [5, 5.41) is 0. The molecule has 0 aromatic carbocycles. The second-order valence-corrected chi connectivity index (χ2v) is 9.50. The molecule has 0 spiro atoms. The summed E-state index contributed by atoms with van der Waals surface area (Å²) in [6.45, 7) is 16.0. The Balaban J connectivity index is 2.37. The maximum atomic E-state index is 7.11. The van der Waals surface area contributed by atoms with Crippen LogP contribution in [0.3, 0.4) is 0 Å². The molecule has 2 N–H and O–H groups in total. The Kier molecular flexibility index (Phi) is 3.84. The van der Waals surface area contributed by atoms with Gasteiger partial charge in [-0.05, 0) is 58.3 Å². The van der Waals surface area contributed by atoms with E-state index in [2.05, 4.69) is 48.5 Å². The van der Waals surface area contributed by atoms with Gasteiger partial charge in [-0.2, -0.15) is 0 Å². The summed E-state index contributed by atoms with van der Waals surface area (Å²) in [6, 6.07) is 0. The third kappa shape index (κ3) is 2.78. The molecule has 3 unspecified atom stereocenters. The minimum Gasteiger partial charge on any atom is -0.369 e. The molecule has 20 heavy (non-hydrogen) atoms. The zero-order chi connectivity index (χ0) is 15.4. The quantitative estimate of drug-likeness (QED) is 0.767. The van der Waals surface area contributed by atoms with Gasteiger partial charge in [0.15, 0.2) is 0 Å². The van der Waals surface area contributed by atoms with E-state index in [0.717, 1.165) is 12.8 Å². The third-order valence-corrected chi connectivity index (χ3v) is 5.77. The van der Waals surface area contributed by atoms with Gasteiger partial charge in [-0.25, -0.2) is 0 Å². The fourth-order valence-electron chi connectivity index (χ4n) is 5.28. The molecular weight excluding hydrogens is 246 g/mol. The molecule has 2 nitrogen and oxygen atoms in total. The maximum Gasteiger partial charge on any atom is 0.0680 e. The topological polar surface area (TPSA) is 35.2 Å². The van der Waals surface area contributed by atoms with Crippen LogP contribution in [0.5, 0.6) is 0 Å². The highest BCUT2D eigenvalue weighted by atomic mass is 16.5. The van der Waals surface area contributed by atoms with Gasteiger partial charge in [0.1, 0.15) is 0 Å². The third-order valence-electron chi connectivity index (χ3n) is 5.77. The number of ether oxygens (including phenoxy) is 1. The molecule has 0 bridgehead atoms. The lowest BCUT2D eigenvalue weighted by atomic mass is 9.55. The summed E-state index contributed by atoms with van der Waals surface area (Å²) in [7, 11) is 0. The molecule has 2 heteroatoms. The molecule has 0 aromatic rings. The lowest BCUT2D eigenvalue weighted by molar-refractivity contribution is -0.0938. The van der Waals surface area contributed by atoms with E-state index in [1.165, 1.54) is 19.3 Å². The van der Waals surface area contributed by atoms with E-state index in [-0.39, 0.29) is 22.2 Å². The molecule has 2 aliphatic rings. The van der Waals surface area contributed by atoms with Crippen LogP contribution in [0.2, 0.25) is 0 Å². The Bertz CT molecular complexity index is 366. The van der Waals surface area contributed by atoms with Crippen LogP contribution in [0.4, 0.5) is 0 Å². The largest absolute Gasteiger partial charge is 0.369 e. The zero-order valence-corrected chi connectivity index (χ0v) is 14.7. The van der Waals surface area contributed by atoms with Gasteiger partial charge in [-0.15, -0.1) is 0 Å². The van der Waals surface area contributed by atoms with Crippen molar-refractivity contribution in [2.45, 2.75) is 97.3 Å². The zero-order valence-electron chi connectivity index (χ0n) is 14.7. The molecule has 2 rings (SSSR count). The first kappa shape index (κ1) is 16.3. The molecule has 1 saturated carbocycles. The van der Waals surface area contributed by atoms with Crippen molar-refractivity contribution in [1.82, 2.24) is 0 Å². The molecule has 1 saturated heterocycles. The van der Waals surface area contributed by atoms with E-state index < -0.39 is 0 Å². The molecule has 1 aliphatic carbocycles. The van der Waals surface area contributed by atoms with Crippen molar-refractivity contribution in [1.29, 1.82) is 0 Å². The van der Waals surface area contributed by atoms with Gasteiger partial charge < -0.3 is 10.5 Å². The lowest BCUT2D eigenvalue weighted by Crippen LogP contribution is -2.62. The van der Waals surface area contributed by atoms with Crippen LogP contribution in [0.25, 0.3) is 0 Å². The van der Waals surface area contributed by atoms with E-state index in [1.54, 1.807) is 0 Å². The first-order chi connectivity index (χ1) is 8.89. The molecule has 0 amide bonds. The van der Waals surface area contributed by atoms with Crippen LogP contribution in [0.1, 0.15) is 80.6 Å². The summed E-state index contributed by atoms with van der Waals surface area (Å²) < 4.78 is 6.35. The highest BCUT2D eigenvalue weighted by molar-refractivity contribution is 5.11. The van der Waals surface area contributed by atoms with Crippen molar-refractivity contribution in [3.63, 3.8) is 0 Å². The first-order valence-electron chi connectivity index (χ1n) is 8.38. The fourth-order valence-corrected chi connectivity index (χ4v) is 5.28. The number of hydrogen-bond donors (Lipinski definition) is 1. The van der Waals surface area contributed by atoms with Crippen molar-refractivity contribution < 1.29 is 4.74 Å². The van der Waals surface area contributed by atoms with Gasteiger partial charge in [-0.1, -0.05) is 33.6 Å². The smallest absolute Gasteiger partial charge is 0.0680 e. The Hall–Kier alpha value is -0.0800. The van der Waals surface area contributed by atoms with Gasteiger partial charge in [0.2, 0.25) is 0 Å². The number of hydrogen-bond acceptors (Lipinski definition) is 2. The van der Waals surface area contributed by atoms with Crippen molar-refractivity contribution in [2.24, 2.45) is 23.0 Å². The van der Waals surface area contributed by atoms with Crippen LogP contribution < -0.4 is 5.73 Å². The maximum absolute atomic E-state index is 7.11. The Labute approximate surface area is 125 Å². The van der Waals surface area contributed by atoms with E-state index in [4.69, 9.17) is 10.5 Å². The van der Waals surface area contributed by atoms with Crippen LogP contribution in [0.15, 0.2) is 0 Å². The highest BCUT2D eigenvalue weighted by Gasteiger charge is 2.58. The minimum absolute atomic E-state index is 0.0413. The van der Waals surface area contributed by atoms with Crippen LogP contribution in [-0.4, -0.2) is 16.7 Å². The van der Waals surface area contributed by atoms with Crippen molar-refractivity contribution in [2.75, 3.05) is 0 Å². The van der Waals surface area contributed by atoms with Crippen LogP contribution in [-0.2, 0) is 4.74 Å². The molecule has 1 heterocycles. The van der Waals surface area contributed by atoms with E-state index in [1.807, 2.05) is 0 Å². The van der Waals surface area contributed by atoms with Crippen molar-refractivity contribution in [3.8, 4) is 0 Å². The first-order valence-corrected chi connectivity index (χ1v) is 8.38. The molecule has 2 fully saturated rings. The molecule has 1 aliphatic heterocycles. The predicted molar refractivity (Wildman–Crippen MR) is 85.7 cm³/mol. The Morgan fingerprint density at radius 3 is 2.10 bits per heavy atom. The van der Waals surface area contributed by atoms with Gasteiger partial charge in [0, 0.05) is 11.5 Å².